The van der Waals surface area contributed by atoms with Crippen LogP contribution >= 0.6 is 0 Å². The van der Waals surface area contributed by atoms with Crippen molar-refractivity contribution in [1.29, 1.82) is 0 Å². The molecule has 4 rings (SSSR count). The number of nitrogens with one attached hydrogen (secondary N) is 1. The molecule has 142 valence electrons. The van der Waals surface area contributed by atoms with Crippen molar-refractivity contribution in [1.82, 2.24) is 10.2 Å². The number of carbonyl (C=O) groups is 1. The molecule has 1 saturated heterocycles. The molecule has 1 aliphatic heterocycles. The second kappa shape index (κ2) is 8.36. The highest BCUT2D eigenvalue weighted by atomic mass is 19.1. The van der Waals surface area contributed by atoms with Crippen LogP contribution < -0.4 is 5.32 Å². The number of rotatable bonds is 5. The molecule has 1 amide bonds. The predicted molar refractivity (Wildman–Crippen MR) is 111 cm³/mol. The average molecular weight is 374 g/mol. The van der Waals surface area contributed by atoms with E-state index < -0.39 is 0 Å². The van der Waals surface area contributed by atoms with Gasteiger partial charge in [0.05, 0.1) is 0 Å². The highest BCUT2D eigenvalue weighted by Crippen LogP contribution is 2.19. The first-order valence-electron chi connectivity index (χ1n) is 9.60. The number of hydrogen-bond acceptors (Lipinski definition) is 2. The molecule has 0 saturated carbocycles. The Morgan fingerprint density at radius 2 is 1.86 bits per heavy atom. The summed E-state index contributed by atoms with van der Waals surface area (Å²) in [6, 6.07) is 21.2. The van der Waals surface area contributed by atoms with Crippen molar-refractivity contribution < 1.29 is 9.18 Å². The normalized spacial score (nSPS) is 17.4. The van der Waals surface area contributed by atoms with E-state index in [4.69, 9.17) is 0 Å². The highest BCUT2D eigenvalue weighted by molar-refractivity contribution is 5.91. The fourth-order valence-corrected chi connectivity index (χ4v) is 3.68. The lowest BCUT2D eigenvalue weighted by atomic mass is 10.1. The van der Waals surface area contributed by atoms with Crippen molar-refractivity contribution >= 4 is 22.8 Å². The standard InChI is InChI=1S/C24H23FN2O/c25-22-10-6-18(7-11-22)8-12-24(28)26-23-13-14-27(17-23)16-19-5-9-20-3-1-2-4-21(20)15-19/h1-12,15,23H,13-14,16-17H2,(H,26,28)/b12-8+/t23-/m1/s1. The van der Waals surface area contributed by atoms with Gasteiger partial charge >= 0.3 is 0 Å². The summed E-state index contributed by atoms with van der Waals surface area (Å²) in [5, 5.41) is 5.58. The van der Waals surface area contributed by atoms with E-state index in [1.807, 2.05) is 0 Å². The maximum atomic E-state index is 12.9. The molecule has 28 heavy (non-hydrogen) atoms. The first-order valence-corrected chi connectivity index (χ1v) is 9.60. The first-order chi connectivity index (χ1) is 13.7. The molecule has 1 N–H and O–H groups in total. The van der Waals surface area contributed by atoms with Crippen LogP contribution in [0.2, 0.25) is 0 Å². The van der Waals surface area contributed by atoms with Crippen molar-refractivity contribution in [3.05, 3.63) is 89.8 Å². The zero-order chi connectivity index (χ0) is 19.3. The van der Waals surface area contributed by atoms with Gasteiger partial charge in [-0.05, 0) is 52.6 Å². The molecule has 1 aliphatic rings. The van der Waals surface area contributed by atoms with E-state index >= 15 is 0 Å². The van der Waals surface area contributed by atoms with Gasteiger partial charge in [-0.2, -0.15) is 0 Å². The number of carbonyl (C=O) groups excluding carboxylic acids is 1. The van der Waals surface area contributed by atoms with E-state index in [9.17, 15) is 9.18 Å². The van der Waals surface area contributed by atoms with Gasteiger partial charge in [0.25, 0.3) is 0 Å². The van der Waals surface area contributed by atoms with Crippen LogP contribution in [-0.4, -0.2) is 29.9 Å². The third kappa shape index (κ3) is 4.65. The minimum Gasteiger partial charge on any atom is -0.348 e. The summed E-state index contributed by atoms with van der Waals surface area (Å²) in [5.41, 5.74) is 2.10. The second-order valence-electron chi connectivity index (χ2n) is 7.30. The number of likely N-dealkylation sites (tertiary alicyclic amines) is 1. The van der Waals surface area contributed by atoms with Gasteiger partial charge in [-0.3, -0.25) is 9.69 Å². The number of nitrogens with zero attached hydrogens (tertiary/aromatic N) is 1. The molecule has 0 aromatic heterocycles. The lowest BCUT2D eigenvalue weighted by molar-refractivity contribution is -0.117. The van der Waals surface area contributed by atoms with Crippen LogP contribution in [-0.2, 0) is 11.3 Å². The van der Waals surface area contributed by atoms with Crippen LogP contribution in [0.3, 0.4) is 0 Å². The van der Waals surface area contributed by atoms with Gasteiger partial charge in [0.2, 0.25) is 5.91 Å². The van der Waals surface area contributed by atoms with Crippen LogP contribution in [0.4, 0.5) is 4.39 Å². The van der Waals surface area contributed by atoms with E-state index in [0.29, 0.717) is 0 Å². The minimum absolute atomic E-state index is 0.109. The molecule has 0 spiro atoms. The lowest BCUT2D eigenvalue weighted by Gasteiger charge is -2.16. The van der Waals surface area contributed by atoms with E-state index in [2.05, 4.69) is 52.7 Å². The zero-order valence-corrected chi connectivity index (χ0v) is 15.6. The molecular weight excluding hydrogens is 351 g/mol. The van der Waals surface area contributed by atoms with Crippen LogP contribution in [0.1, 0.15) is 17.5 Å². The Bertz CT molecular complexity index is 997. The van der Waals surface area contributed by atoms with Gasteiger partial charge in [-0.25, -0.2) is 4.39 Å². The topological polar surface area (TPSA) is 32.3 Å². The molecular formula is C24H23FN2O. The molecule has 0 aliphatic carbocycles. The van der Waals surface area contributed by atoms with Crippen LogP contribution in [0.25, 0.3) is 16.8 Å². The highest BCUT2D eigenvalue weighted by Gasteiger charge is 2.23. The SMILES string of the molecule is O=C(/C=C/c1ccc(F)cc1)N[C@@H]1CCN(Cc2ccc3ccccc3c2)C1. The molecule has 1 fully saturated rings. The van der Waals surface area contributed by atoms with Gasteiger partial charge in [0, 0.05) is 31.8 Å². The van der Waals surface area contributed by atoms with Crippen molar-refractivity contribution in [3.63, 3.8) is 0 Å². The van der Waals surface area contributed by atoms with Crippen molar-refractivity contribution in [2.75, 3.05) is 13.1 Å². The monoisotopic (exact) mass is 374 g/mol. The average Bonchev–Trinajstić information content (AvgIpc) is 3.14. The number of benzene rings is 3. The summed E-state index contributed by atoms with van der Waals surface area (Å²) in [6.45, 7) is 2.71. The summed E-state index contributed by atoms with van der Waals surface area (Å²) in [6.07, 6.45) is 4.17. The van der Waals surface area contributed by atoms with E-state index in [-0.39, 0.29) is 17.8 Å². The number of hydrogen-bond donors (Lipinski definition) is 1. The van der Waals surface area contributed by atoms with E-state index in [1.165, 1.54) is 34.5 Å². The summed E-state index contributed by atoms with van der Waals surface area (Å²) in [4.78, 5) is 14.5. The Hall–Kier alpha value is -2.98. The molecule has 1 atom stereocenters. The number of fused-ring (bicyclic) bond motifs is 1. The quantitative estimate of drug-likeness (QED) is 0.672. The molecule has 0 radical (unpaired) electrons. The van der Waals surface area contributed by atoms with Gasteiger partial charge < -0.3 is 5.32 Å². The van der Waals surface area contributed by atoms with Gasteiger partial charge in [0.1, 0.15) is 5.82 Å². The fourth-order valence-electron chi connectivity index (χ4n) is 3.68. The Morgan fingerprint density at radius 1 is 1.07 bits per heavy atom. The zero-order valence-electron chi connectivity index (χ0n) is 15.6. The Morgan fingerprint density at radius 3 is 2.68 bits per heavy atom. The van der Waals surface area contributed by atoms with Gasteiger partial charge in [0.15, 0.2) is 0 Å². The van der Waals surface area contributed by atoms with Crippen molar-refractivity contribution in [2.45, 2.75) is 19.0 Å². The second-order valence-corrected chi connectivity index (χ2v) is 7.30. The Labute approximate surface area is 164 Å². The first kappa shape index (κ1) is 18.4. The molecule has 0 bridgehead atoms. The Kier molecular flexibility index (Phi) is 5.49. The van der Waals surface area contributed by atoms with Crippen LogP contribution in [0.15, 0.2) is 72.8 Å². The smallest absolute Gasteiger partial charge is 0.244 e. The third-order valence-electron chi connectivity index (χ3n) is 5.14. The van der Waals surface area contributed by atoms with Gasteiger partial charge in [-0.1, -0.05) is 48.5 Å². The fraction of sp³-hybridized carbons (Fsp3) is 0.208. The maximum Gasteiger partial charge on any atom is 0.244 e. The minimum atomic E-state index is -0.279. The molecule has 0 unspecified atom stereocenters. The number of amides is 1. The summed E-state index contributed by atoms with van der Waals surface area (Å²) in [7, 11) is 0. The third-order valence-corrected chi connectivity index (χ3v) is 5.14. The van der Waals surface area contributed by atoms with Crippen LogP contribution in [0, 0.1) is 5.82 Å². The van der Waals surface area contributed by atoms with E-state index in [1.54, 1.807) is 18.2 Å². The summed E-state index contributed by atoms with van der Waals surface area (Å²) < 4.78 is 12.9. The molecule has 3 aromatic carbocycles. The van der Waals surface area contributed by atoms with E-state index in [0.717, 1.165) is 31.6 Å². The van der Waals surface area contributed by atoms with Crippen molar-refractivity contribution in [3.8, 4) is 0 Å². The predicted octanol–water partition coefficient (Wildman–Crippen LogP) is 4.38. The molecule has 4 heteroatoms. The van der Waals surface area contributed by atoms with Crippen molar-refractivity contribution in [2.24, 2.45) is 0 Å². The number of halogens is 1. The maximum absolute atomic E-state index is 12.9. The molecule has 1 heterocycles. The van der Waals surface area contributed by atoms with Crippen LogP contribution in [0.5, 0.6) is 0 Å². The lowest BCUT2D eigenvalue weighted by Crippen LogP contribution is -2.35. The summed E-state index contributed by atoms with van der Waals surface area (Å²) >= 11 is 0. The largest absolute Gasteiger partial charge is 0.348 e. The molecule has 3 nitrogen and oxygen atoms in total. The van der Waals surface area contributed by atoms with Gasteiger partial charge in [-0.15, -0.1) is 0 Å². The molecule has 3 aromatic rings. The Balaban J connectivity index is 1.29. The summed E-state index contributed by atoms with van der Waals surface area (Å²) in [5.74, 6) is -0.388.